The van der Waals surface area contributed by atoms with Crippen LogP contribution in [-0.4, -0.2) is 51.5 Å². The number of fused-ring (bicyclic) bond motifs is 2. The molecule has 2 unspecified atom stereocenters. The van der Waals surface area contributed by atoms with E-state index in [1.54, 1.807) is 16.4 Å². The smallest absolute Gasteiger partial charge is 0.272 e. The largest absolute Gasteiger partial charge is 0.348 e. The summed E-state index contributed by atoms with van der Waals surface area (Å²) in [4.78, 5) is 42.7. The number of amides is 2. The van der Waals surface area contributed by atoms with E-state index in [1.807, 2.05) is 6.92 Å². The van der Waals surface area contributed by atoms with Crippen molar-refractivity contribution in [3.05, 3.63) is 68.6 Å². The molecule has 0 saturated carbocycles. The molecule has 2 aromatic rings. The van der Waals surface area contributed by atoms with E-state index in [2.05, 4.69) is 17.1 Å². The van der Waals surface area contributed by atoms with Gasteiger partial charge in [0.15, 0.2) is 5.43 Å². The molecule has 2 atom stereocenters. The number of hydrogen-bond donors (Lipinski definition) is 1. The highest BCUT2D eigenvalue weighted by Crippen LogP contribution is 2.28. The monoisotopic (exact) mass is 430 g/mol. The SMILES string of the molecule is CCN1C(C)CN2C(=O)c3c(C)c(=O)c(C(=O)NCc4ccc(F)cc4F)cn3CC21. The number of nitrogens with zero attached hydrogens (tertiary/aromatic N) is 3. The second-order valence-corrected chi connectivity index (χ2v) is 8.03. The van der Waals surface area contributed by atoms with Crippen LogP contribution in [0.15, 0.2) is 29.2 Å². The van der Waals surface area contributed by atoms with Crippen molar-refractivity contribution >= 4 is 11.8 Å². The molecule has 1 fully saturated rings. The Balaban J connectivity index is 1.63. The van der Waals surface area contributed by atoms with E-state index < -0.39 is 23.0 Å². The van der Waals surface area contributed by atoms with Gasteiger partial charge in [-0.1, -0.05) is 13.0 Å². The van der Waals surface area contributed by atoms with Gasteiger partial charge in [0.2, 0.25) is 0 Å². The van der Waals surface area contributed by atoms with Crippen molar-refractivity contribution in [1.29, 1.82) is 0 Å². The van der Waals surface area contributed by atoms with Gasteiger partial charge in [0, 0.05) is 42.5 Å². The molecule has 4 rings (SSSR count). The lowest BCUT2D eigenvalue weighted by Gasteiger charge is -2.36. The molecule has 2 amide bonds. The number of aromatic nitrogens is 1. The van der Waals surface area contributed by atoms with E-state index in [1.165, 1.54) is 12.3 Å². The first-order valence-electron chi connectivity index (χ1n) is 10.3. The Morgan fingerprint density at radius 2 is 1.97 bits per heavy atom. The minimum Gasteiger partial charge on any atom is -0.348 e. The molecule has 7 nitrogen and oxygen atoms in total. The Morgan fingerprint density at radius 1 is 1.23 bits per heavy atom. The van der Waals surface area contributed by atoms with E-state index in [4.69, 9.17) is 0 Å². The second kappa shape index (κ2) is 7.88. The Kier molecular flexibility index (Phi) is 5.38. The topological polar surface area (TPSA) is 74.7 Å². The van der Waals surface area contributed by atoms with Gasteiger partial charge in [0.25, 0.3) is 11.8 Å². The van der Waals surface area contributed by atoms with Crippen molar-refractivity contribution in [3.63, 3.8) is 0 Å². The molecule has 0 spiro atoms. The van der Waals surface area contributed by atoms with Gasteiger partial charge >= 0.3 is 0 Å². The maximum Gasteiger partial charge on any atom is 0.272 e. The summed E-state index contributed by atoms with van der Waals surface area (Å²) in [7, 11) is 0. The fraction of sp³-hybridized carbons (Fsp3) is 0.409. The minimum atomic E-state index is -0.778. The number of carbonyl (C=O) groups excluding carboxylic acids is 2. The van der Waals surface area contributed by atoms with Gasteiger partial charge in [-0.2, -0.15) is 0 Å². The molecule has 0 aliphatic carbocycles. The summed E-state index contributed by atoms with van der Waals surface area (Å²) in [5, 5.41) is 2.51. The summed E-state index contributed by atoms with van der Waals surface area (Å²) in [6.45, 7) is 7.26. The molecule has 1 N–H and O–H groups in total. The number of hydrogen-bond acceptors (Lipinski definition) is 4. The number of benzene rings is 1. The van der Waals surface area contributed by atoms with Crippen molar-refractivity contribution < 1.29 is 18.4 Å². The predicted molar refractivity (Wildman–Crippen MR) is 110 cm³/mol. The molecule has 2 aliphatic heterocycles. The van der Waals surface area contributed by atoms with Gasteiger partial charge in [0.1, 0.15) is 29.1 Å². The lowest BCUT2D eigenvalue weighted by atomic mass is 10.1. The quantitative estimate of drug-likeness (QED) is 0.804. The van der Waals surface area contributed by atoms with Crippen molar-refractivity contribution in [1.82, 2.24) is 19.7 Å². The van der Waals surface area contributed by atoms with Gasteiger partial charge in [-0.25, -0.2) is 8.78 Å². The Hall–Kier alpha value is -3.07. The number of rotatable bonds is 4. The van der Waals surface area contributed by atoms with Gasteiger partial charge in [-0.15, -0.1) is 0 Å². The molecule has 0 bridgehead atoms. The van der Waals surface area contributed by atoms with Crippen molar-refractivity contribution in [3.8, 4) is 0 Å². The van der Waals surface area contributed by atoms with Crippen LogP contribution in [0.5, 0.6) is 0 Å². The van der Waals surface area contributed by atoms with E-state index in [9.17, 15) is 23.2 Å². The summed E-state index contributed by atoms with van der Waals surface area (Å²) in [6.07, 6.45) is 1.28. The summed E-state index contributed by atoms with van der Waals surface area (Å²) in [5.41, 5.74) is -0.0260. The third kappa shape index (κ3) is 3.52. The number of nitrogens with one attached hydrogen (secondary N) is 1. The van der Waals surface area contributed by atoms with Crippen molar-refractivity contribution in [2.24, 2.45) is 0 Å². The van der Waals surface area contributed by atoms with E-state index in [-0.39, 0.29) is 41.3 Å². The van der Waals surface area contributed by atoms with Crippen LogP contribution >= 0.6 is 0 Å². The molecule has 3 heterocycles. The third-order valence-corrected chi connectivity index (χ3v) is 6.17. The van der Waals surface area contributed by atoms with Gasteiger partial charge < -0.3 is 14.8 Å². The first-order valence-corrected chi connectivity index (χ1v) is 10.3. The molecule has 1 aromatic heterocycles. The standard InChI is InChI=1S/C22H24F2N4O3/c1-4-27-12(2)9-28-18(27)11-26-10-16(20(29)13(3)19(26)22(28)31)21(30)25-8-14-5-6-15(23)7-17(14)24/h5-7,10,12,18H,4,8-9,11H2,1-3H3,(H,25,30). The third-order valence-electron chi connectivity index (χ3n) is 6.17. The molecule has 0 radical (unpaired) electrons. The number of likely N-dealkylation sites (N-methyl/N-ethyl adjacent to an activating group) is 1. The maximum absolute atomic E-state index is 13.8. The van der Waals surface area contributed by atoms with Crippen molar-refractivity contribution in [2.45, 2.75) is 46.1 Å². The lowest BCUT2D eigenvalue weighted by Crippen LogP contribution is -2.51. The molecule has 2 aliphatic rings. The molecule has 164 valence electrons. The lowest BCUT2D eigenvalue weighted by molar-refractivity contribution is 0.0505. The van der Waals surface area contributed by atoms with Crippen LogP contribution in [0.4, 0.5) is 8.78 Å². The van der Waals surface area contributed by atoms with E-state index in [0.29, 0.717) is 18.8 Å². The molecule has 1 saturated heterocycles. The first-order chi connectivity index (χ1) is 14.7. The fourth-order valence-corrected chi connectivity index (χ4v) is 4.57. The molecule has 9 heteroatoms. The van der Waals surface area contributed by atoms with Crippen molar-refractivity contribution in [2.75, 3.05) is 13.1 Å². The zero-order valence-corrected chi connectivity index (χ0v) is 17.6. The number of carbonyl (C=O) groups is 2. The van der Waals surface area contributed by atoms with Crippen LogP contribution in [0, 0.1) is 18.6 Å². The molecular weight excluding hydrogens is 406 g/mol. The minimum absolute atomic E-state index is 0.105. The van der Waals surface area contributed by atoms with Gasteiger partial charge in [0.05, 0.1) is 6.54 Å². The highest BCUT2D eigenvalue weighted by Gasteiger charge is 2.44. The Bertz CT molecular complexity index is 1130. The Morgan fingerprint density at radius 3 is 2.65 bits per heavy atom. The van der Waals surface area contributed by atoms with E-state index >= 15 is 0 Å². The number of pyridine rings is 1. The van der Waals surface area contributed by atoms with Crippen LogP contribution in [0.2, 0.25) is 0 Å². The average Bonchev–Trinajstić information content (AvgIpc) is 3.05. The predicted octanol–water partition coefficient (Wildman–Crippen LogP) is 1.87. The summed E-state index contributed by atoms with van der Waals surface area (Å²) < 4.78 is 28.6. The van der Waals surface area contributed by atoms with Crippen LogP contribution in [0.25, 0.3) is 0 Å². The zero-order chi connectivity index (χ0) is 22.4. The van der Waals surface area contributed by atoms with E-state index in [0.717, 1.165) is 18.7 Å². The molecule has 31 heavy (non-hydrogen) atoms. The van der Waals surface area contributed by atoms with Crippen LogP contribution in [0.1, 0.15) is 45.8 Å². The highest BCUT2D eigenvalue weighted by atomic mass is 19.1. The first kappa shape index (κ1) is 21.2. The maximum atomic E-state index is 13.8. The number of halogens is 2. The zero-order valence-electron chi connectivity index (χ0n) is 17.6. The average molecular weight is 430 g/mol. The summed E-state index contributed by atoms with van der Waals surface area (Å²) >= 11 is 0. The normalized spacial score (nSPS) is 20.5. The Labute approximate surface area is 178 Å². The fourth-order valence-electron chi connectivity index (χ4n) is 4.57. The van der Waals surface area contributed by atoms with Crippen LogP contribution < -0.4 is 10.7 Å². The molecular formula is C22H24F2N4O3. The van der Waals surface area contributed by atoms with Crippen LogP contribution in [0.3, 0.4) is 0 Å². The summed E-state index contributed by atoms with van der Waals surface area (Å²) in [5.74, 6) is -2.38. The summed E-state index contributed by atoms with van der Waals surface area (Å²) in [6, 6.07) is 3.28. The second-order valence-electron chi connectivity index (χ2n) is 8.03. The van der Waals surface area contributed by atoms with Gasteiger partial charge in [-0.05, 0) is 26.5 Å². The van der Waals surface area contributed by atoms with Crippen LogP contribution in [-0.2, 0) is 13.1 Å². The van der Waals surface area contributed by atoms with Gasteiger partial charge in [-0.3, -0.25) is 19.3 Å². The molecule has 1 aromatic carbocycles. The highest BCUT2D eigenvalue weighted by molar-refractivity contribution is 5.98.